The van der Waals surface area contributed by atoms with Crippen molar-refractivity contribution >= 4 is 23.2 Å². The lowest BCUT2D eigenvalue weighted by Gasteiger charge is -2.23. The van der Waals surface area contributed by atoms with E-state index in [1.165, 1.54) is 18.2 Å². The predicted octanol–water partition coefficient (Wildman–Crippen LogP) is 4.94. The van der Waals surface area contributed by atoms with Crippen molar-refractivity contribution in [1.29, 1.82) is 0 Å². The molecule has 0 saturated heterocycles. The molecule has 2 N–H and O–H groups in total. The number of anilines is 1. The lowest BCUT2D eigenvalue weighted by molar-refractivity contribution is -0.274. The summed E-state index contributed by atoms with van der Waals surface area (Å²) >= 11 is 5.82. The quantitative estimate of drug-likeness (QED) is 0.445. The molecule has 8 nitrogen and oxygen atoms in total. The number of ether oxygens (including phenoxy) is 1. The Kier molecular flexibility index (Phi) is 6.35. The summed E-state index contributed by atoms with van der Waals surface area (Å²) in [6.07, 6.45) is 0.532. The molecule has 2 saturated carbocycles. The molecule has 2 fully saturated rings. The first-order valence-electron chi connectivity index (χ1n) is 11.5. The SMILES string of the molecule is Cn1cnc(C2CC3CC(O)(c4ncc(OC(F)(F)F)cn4)CC3C2)c1C(=O)Nc1ccc(F)c(Cl)c1. The van der Waals surface area contributed by atoms with Gasteiger partial charge in [0.15, 0.2) is 11.6 Å². The highest BCUT2D eigenvalue weighted by Crippen LogP contribution is 2.56. The molecular formula is C24H22ClF4N5O3. The Morgan fingerprint density at radius 2 is 1.84 bits per heavy atom. The number of aryl methyl sites for hydroxylation is 1. The number of aromatic nitrogens is 4. The van der Waals surface area contributed by atoms with Gasteiger partial charge in [-0.05, 0) is 55.7 Å². The lowest BCUT2D eigenvalue weighted by Crippen LogP contribution is -2.26. The maximum atomic E-state index is 13.5. The molecule has 0 bridgehead atoms. The number of rotatable bonds is 5. The Labute approximate surface area is 213 Å². The molecule has 2 unspecified atom stereocenters. The summed E-state index contributed by atoms with van der Waals surface area (Å²) in [5, 5.41) is 13.8. The van der Waals surface area contributed by atoms with E-state index in [0.29, 0.717) is 42.8 Å². The molecule has 5 rings (SSSR count). The summed E-state index contributed by atoms with van der Waals surface area (Å²) in [4.78, 5) is 25.4. The molecule has 2 atom stereocenters. The zero-order chi connectivity index (χ0) is 26.5. The van der Waals surface area contributed by atoms with Crippen molar-refractivity contribution in [2.45, 2.75) is 43.6 Å². The van der Waals surface area contributed by atoms with Crippen molar-refractivity contribution in [3.8, 4) is 5.75 Å². The molecule has 1 aromatic carbocycles. The lowest BCUT2D eigenvalue weighted by atomic mass is 9.91. The molecule has 0 aliphatic heterocycles. The van der Waals surface area contributed by atoms with E-state index in [4.69, 9.17) is 11.6 Å². The second kappa shape index (κ2) is 9.25. The number of amides is 1. The molecule has 37 heavy (non-hydrogen) atoms. The number of hydrogen-bond acceptors (Lipinski definition) is 6. The second-order valence-electron chi connectivity index (χ2n) is 9.59. The first-order valence-corrected chi connectivity index (χ1v) is 11.9. The Balaban J connectivity index is 1.27. The normalized spacial score (nSPS) is 25.2. The van der Waals surface area contributed by atoms with Gasteiger partial charge in [0.2, 0.25) is 0 Å². The molecule has 3 aromatic rings. The number of halogens is 5. The van der Waals surface area contributed by atoms with E-state index in [9.17, 15) is 27.5 Å². The summed E-state index contributed by atoms with van der Waals surface area (Å²) in [6.45, 7) is 0. The number of fused-ring (bicyclic) bond motifs is 1. The van der Waals surface area contributed by atoms with Crippen molar-refractivity contribution in [2.24, 2.45) is 18.9 Å². The largest absolute Gasteiger partial charge is 0.573 e. The van der Waals surface area contributed by atoms with E-state index in [0.717, 1.165) is 12.4 Å². The number of alkyl halides is 3. The van der Waals surface area contributed by atoms with E-state index in [2.05, 4.69) is 25.0 Å². The van der Waals surface area contributed by atoms with Crippen LogP contribution >= 0.6 is 11.6 Å². The highest BCUT2D eigenvalue weighted by Gasteiger charge is 2.52. The minimum atomic E-state index is -4.85. The third-order valence-corrected chi connectivity index (χ3v) is 7.35. The van der Waals surface area contributed by atoms with Gasteiger partial charge in [0, 0.05) is 18.7 Å². The Morgan fingerprint density at radius 3 is 2.43 bits per heavy atom. The summed E-state index contributed by atoms with van der Waals surface area (Å²) in [5.41, 5.74) is 0.00680. The van der Waals surface area contributed by atoms with Crippen molar-refractivity contribution in [2.75, 3.05) is 5.32 Å². The van der Waals surface area contributed by atoms with Crippen LogP contribution in [0.2, 0.25) is 5.02 Å². The van der Waals surface area contributed by atoms with Crippen molar-refractivity contribution in [3.63, 3.8) is 0 Å². The summed E-state index contributed by atoms with van der Waals surface area (Å²) in [5.74, 6) is -1.32. The number of imidazole rings is 1. The Bertz CT molecular complexity index is 1320. The topological polar surface area (TPSA) is 102 Å². The van der Waals surface area contributed by atoms with E-state index in [1.54, 1.807) is 17.9 Å². The van der Waals surface area contributed by atoms with Gasteiger partial charge < -0.3 is 19.7 Å². The van der Waals surface area contributed by atoms with Crippen molar-refractivity contribution in [1.82, 2.24) is 19.5 Å². The average molecular weight is 540 g/mol. The molecule has 196 valence electrons. The number of benzene rings is 1. The van der Waals surface area contributed by atoms with Crippen LogP contribution < -0.4 is 10.1 Å². The standard InChI is InChI=1S/C24H22ClF4N5O3/c1-34-11-32-19(20(34)21(35)33-15-2-3-18(26)17(25)6-15)12-4-13-7-23(36,8-14(13)5-12)22-30-9-16(10-31-22)37-24(27,28)29/h2-3,6,9-14,36H,4-5,7-8H2,1H3,(H,33,35). The monoisotopic (exact) mass is 539 g/mol. The van der Waals surface area contributed by atoms with Crippen LogP contribution in [0.4, 0.5) is 23.2 Å². The van der Waals surface area contributed by atoms with Gasteiger partial charge in [-0.15, -0.1) is 13.2 Å². The van der Waals surface area contributed by atoms with Crippen LogP contribution in [0, 0.1) is 17.7 Å². The van der Waals surface area contributed by atoms with E-state index < -0.39 is 29.4 Å². The maximum Gasteiger partial charge on any atom is 0.573 e. The predicted molar refractivity (Wildman–Crippen MR) is 123 cm³/mol. The van der Waals surface area contributed by atoms with Gasteiger partial charge in [-0.25, -0.2) is 19.3 Å². The third-order valence-electron chi connectivity index (χ3n) is 7.06. The molecule has 1 amide bonds. The molecule has 2 aromatic heterocycles. The number of aliphatic hydroxyl groups is 1. The average Bonchev–Trinajstić information content (AvgIpc) is 3.47. The zero-order valence-corrected chi connectivity index (χ0v) is 20.2. The van der Waals surface area contributed by atoms with Crippen LogP contribution in [0.15, 0.2) is 36.9 Å². The highest BCUT2D eigenvalue weighted by molar-refractivity contribution is 6.31. The summed E-state index contributed by atoms with van der Waals surface area (Å²) < 4.78 is 56.1. The fourth-order valence-electron chi connectivity index (χ4n) is 5.60. The fraction of sp³-hybridized carbons (Fsp3) is 0.417. The second-order valence-corrected chi connectivity index (χ2v) is 10.00. The minimum absolute atomic E-state index is 0.0261. The van der Waals surface area contributed by atoms with Gasteiger partial charge in [-0.3, -0.25) is 4.79 Å². The Morgan fingerprint density at radius 1 is 1.19 bits per heavy atom. The van der Waals surface area contributed by atoms with Crippen LogP contribution in [-0.2, 0) is 12.6 Å². The number of carbonyl (C=O) groups excluding carboxylic acids is 1. The van der Waals surface area contributed by atoms with Crippen LogP contribution in [0.3, 0.4) is 0 Å². The fourth-order valence-corrected chi connectivity index (χ4v) is 5.78. The van der Waals surface area contributed by atoms with Gasteiger partial charge in [-0.1, -0.05) is 11.6 Å². The molecule has 2 aliphatic carbocycles. The molecule has 13 heteroatoms. The smallest absolute Gasteiger partial charge is 0.402 e. The zero-order valence-electron chi connectivity index (χ0n) is 19.5. The van der Waals surface area contributed by atoms with Gasteiger partial charge in [0.25, 0.3) is 5.91 Å². The van der Waals surface area contributed by atoms with Crippen molar-refractivity contribution in [3.05, 3.63) is 65.0 Å². The number of carbonyl (C=O) groups is 1. The number of nitrogens with zero attached hydrogens (tertiary/aromatic N) is 4. The van der Waals surface area contributed by atoms with Crippen molar-refractivity contribution < 1.29 is 32.2 Å². The van der Waals surface area contributed by atoms with Gasteiger partial charge >= 0.3 is 6.36 Å². The first-order chi connectivity index (χ1) is 17.4. The molecule has 2 heterocycles. The summed E-state index contributed by atoms with van der Waals surface area (Å²) in [6, 6.07) is 3.91. The van der Waals surface area contributed by atoms with Gasteiger partial charge in [-0.2, -0.15) is 0 Å². The molecule has 0 radical (unpaired) electrons. The Hall–Kier alpha value is -3.25. The van der Waals surface area contributed by atoms with E-state index in [-0.39, 0.29) is 28.6 Å². The minimum Gasteiger partial charge on any atom is -0.402 e. The number of nitrogens with one attached hydrogen (secondary N) is 1. The molecular weight excluding hydrogens is 518 g/mol. The number of hydrogen-bond donors (Lipinski definition) is 2. The maximum absolute atomic E-state index is 13.5. The van der Waals surface area contributed by atoms with E-state index >= 15 is 0 Å². The van der Waals surface area contributed by atoms with Gasteiger partial charge in [0.1, 0.15) is 17.1 Å². The van der Waals surface area contributed by atoms with Crippen LogP contribution in [-0.4, -0.2) is 36.9 Å². The third kappa shape index (κ3) is 5.12. The summed E-state index contributed by atoms with van der Waals surface area (Å²) in [7, 11) is 1.71. The highest BCUT2D eigenvalue weighted by atomic mass is 35.5. The first kappa shape index (κ1) is 25.4. The van der Waals surface area contributed by atoms with Crippen LogP contribution in [0.1, 0.15) is 53.6 Å². The van der Waals surface area contributed by atoms with Gasteiger partial charge in [0.05, 0.1) is 29.4 Å². The molecule has 2 aliphatic rings. The van der Waals surface area contributed by atoms with E-state index in [1.807, 2.05) is 0 Å². The van der Waals surface area contributed by atoms with Crippen LogP contribution in [0.25, 0.3) is 0 Å². The van der Waals surface area contributed by atoms with Crippen LogP contribution in [0.5, 0.6) is 5.75 Å². The molecule has 0 spiro atoms.